The molecule has 4 atom stereocenters. The molecule has 0 saturated carbocycles. The topological polar surface area (TPSA) is 161 Å². The highest BCUT2D eigenvalue weighted by Crippen LogP contribution is 2.04. The summed E-state index contributed by atoms with van der Waals surface area (Å²) >= 11 is 0. The molecule has 0 fully saturated rings. The molecule has 9 nitrogen and oxygen atoms in total. The number of hydrogen-bond acceptors (Lipinski definition) is 8. The van der Waals surface area contributed by atoms with E-state index in [0.717, 1.165) is 0 Å². The van der Waals surface area contributed by atoms with Gasteiger partial charge in [0.2, 0.25) is 0 Å². The molecular weight excluding hydrogens is 214 g/mol. The summed E-state index contributed by atoms with van der Waals surface area (Å²) in [6.07, 6.45) is -8.95. The van der Waals surface area contributed by atoms with Gasteiger partial charge in [0.1, 0.15) is 12.2 Å². The van der Waals surface area contributed by atoms with Crippen LogP contribution < -0.4 is 0 Å². The zero-order valence-electron chi connectivity index (χ0n) is 7.42. The van der Waals surface area contributed by atoms with Gasteiger partial charge in [0.05, 0.1) is 11.5 Å². The number of rotatable bonds is 6. The van der Waals surface area contributed by atoms with Gasteiger partial charge in [0.25, 0.3) is 5.78 Å². The molecule has 0 radical (unpaired) electrons. The Labute approximate surface area is 83.3 Å². The Kier molecular flexibility index (Phi) is 5.25. The lowest BCUT2D eigenvalue weighted by Crippen LogP contribution is -2.49. The van der Waals surface area contributed by atoms with Gasteiger partial charge >= 0.3 is 6.23 Å². The summed E-state index contributed by atoms with van der Waals surface area (Å²) in [5.41, 5.74) is 0. The second-order valence-corrected chi connectivity index (χ2v) is 2.75. The molecule has 0 saturated heterocycles. The van der Waals surface area contributed by atoms with E-state index in [1.165, 1.54) is 0 Å². The largest absolute Gasteiger partial charge is 0.394 e. The van der Waals surface area contributed by atoms with Crippen LogP contribution >= 0.6 is 0 Å². The van der Waals surface area contributed by atoms with Crippen molar-refractivity contribution in [2.45, 2.75) is 24.5 Å². The molecule has 0 heterocycles. The van der Waals surface area contributed by atoms with Crippen molar-refractivity contribution in [3.8, 4) is 0 Å². The van der Waals surface area contributed by atoms with Gasteiger partial charge in [-0.15, -0.1) is 0 Å². The van der Waals surface area contributed by atoms with E-state index in [1.807, 2.05) is 0 Å². The molecule has 15 heavy (non-hydrogen) atoms. The van der Waals surface area contributed by atoms with Gasteiger partial charge in [-0.3, -0.25) is 14.9 Å². The van der Waals surface area contributed by atoms with E-state index in [0.29, 0.717) is 0 Å². The van der Waals surface area contributed by atoms with Crippen LogP contribution in [0.1, 0.15) is 0 Å². The molecule has 0 rings (SSSR count). The Hall–Kier alpha value is -1.13. The number of ketones is 1. The van der Waals surface area contributed by atoms with Crippen molar-refractivity contribution < 1.29 is 35.3 Å². The van der Waals surface area contributed by atoms with Crippen molar-refractivity contribution >= 4 is 5.78 Å². The molecular formula is C6H11NO8. The lowest BCUT2D eigenvalue weighted by molar-refractivity contribution is -0.553. The van der Waals surface area contributed by atoms with Gasteiger partial charge in [-0.25, -0.2) is 0 Å². The summed E-state index contributed by atoms with van der Waals surface area (Å²) in [4.78, 5) is 19.4. The van der Waals surface area contributed by atoms with Crippen LogP contribution in [0.15, 0.2) is 0 Å². The fraction of sp³-hybridized carbons (Fsp3) is 0.833. The molecule has 88 valence electrons. The smallest absolute Gasteiger partial charge is 0.375 e. The summed E-state index contributed by atoms with van der Waals surface area (Å²) in [5.74, 6) is -1.67. The van der Waals surface area contributed by atoms with Gasteiger partial charge in [-0.2, -0.15) is 0 Å². The van der Waals surface area contributed by atoms with Crippen molar-refractivity contribution in [2.75, 3.05) is 6.61 Å². The molecule has 0 aliphatic heterocycles. The minimum absolute atomic E-state index is 0.944. The highest BCUT2D eigenvalue weighted by Gasteiger charge is 2.38. The molecule has 0 bridgehead atoms. The highest BCUT2D eigenvalue weighted by molar-refractivity contribution is 5.86. The molecule has 1 unspecified atom stereocenters. The Morgan fingerprint density at radius 3 is 2.07 bits per heavy atom. The van der Waals surface area contributed by atoms with E-state index in [4.69, 9.17) is 25.5 Å². The maximum absolute atomic E-state index is 10.9. The van der Waals surface area contributed by atoms with Crippen LogP contribution in [0, 0.1) is 10.1 Å². The molecule has 0 aliphatic rings. The summed E-state index contributed by atoms with van der Waals surface area (Å²) in [7, 11) is 0. The quantitative estimate of drug-likeness (QED) is 0.175. The Bertz CT molecular complexity index is 243. The molecule has 9 heteroatoms. The summed E-state index contributed by atoms with van der Waals surface area (Å²) < 4.78 is 0. The lowest BCUT2D eigenvalue weighted by Gasteiger charge is -2.19. The van der Waals surface area contributed by atoms with Crippen LogP contribution in [-0.4, -0.2) is 67.4 Å². The van der Waals surface area contributed by atoms with E-state index < -0.39 is 41.9 Å². The molecule has 0 spiro atoms. The fourth-order valence-electron chi connectivity index (χ4n) is 0.743. The number of carbonyl (C=O) groups excluding carboxylic acids is 1. The first-order valence-electron chi connectivity index (χ1n) is 3.83. The van der Waals surface area contributed by atoms with E-state index in [2.05, 4.69) is 0 Å². The first-order chi connectivity index (χ1) is 6.82. The van der Waals surface area contributed by atoms with E-state index in [1.54, 1.807) is 0 Å². The molecule has 0 aromatic carbocycles. The predicted molar refractivity (Wildman–Crippen MR) is 43.1 cm³/mol. The van der Waals surface area contributed by atoms with Gasteiger partial charge in [-0.1, -0.05) is 0 Å². The Morgan fingerprint density at radius 1 is 1.27 bits per heavy atom. The SMILES string of the molecule is O=C(C(O)[N+](=O)[O-])[C@@H](O)[C@H](O)[C@H](O)CO. The highest BCUT2D eigenvalue weighted by atomic mass is 16.7. The maximum atomic E-state index is 10.9. The fourth-order valence-corrected chi connectivity index (χ4v) is 0.743. The van der Waals surface area contributed by atoms with Crippen LogP contribution in [0.3, 0.4) is 0 Å². The minimum atomic E-state index is -2.68. The first kappa shape index (κ1) is 13.9. The molecule has 0 amide bonds. The van der Waals surface area contributed by atoms with E-state index in [9.17, 15) is 14.9 Å². The molecule has 0 aliphatic carbocycles. The number of hydrogen-bond donors (Lipinski definition) is 5. The van der Waals surface area contributed by atoms with Crippen molar-refractivity contribution in [1.82, 2.24) is 0 Å². The van der Waals surface area contributed by atoms with Crippen molar-refractivity contribution in [2.24, 2.45) is 0 Å². The Morgan fingerprint density at radius 2 is 1.73 bits per heavy atom. The molecule has 0 aromatic heterocycles. The third kappa shape index (κ3) is 3.49. The number of aliphatic hydroxyl groups is 5. The van der Waals surface area contributed by atoms with Gasteiger partial charge in [0, 0.05) is 0 Å². The lowest BCUT2D eigenvalue weighted by atomic mass is 10.0. The third-order valence-corrected chi connectivity index (χ3v) is 1.65. The van der Waals surface area contributed by atoms with Gasteiger partial charge < -0.3 is 25.5 Å². The monoisotopic (exact) mass is 225 g/mol. The second-order valence-electron chi connectivity index (χ2n) is 2.75. The number of aliphatic hydroxyl groups excluding tert-OH is 5. The first-order valence-corrected chi connectivity index (χ1v) is 3.83. The summed E-state index contributed by atoms with van der Waals surface area (Å²) in [5, 5.41) is 53.6. The normalized spacial score (nSPS) is 19.0. The number of carbonyl (C=O) groups is 1. The van der Waals surface area contributed by atoms with E-state index >= 15 is 0 Å². The number of nitrogens with zero attached hydrogens (tertiary/aromatic N) is 1. The van der Waals surface area contributed by atoms with Crippen LogP contribution in [0.4, 0.5) is 0 Å². The van der Waals surface area contributed by atoms with E-state index in [-0.39, 0.29) is 0 Å². The van der Waals surface area contributed by atoms with Crippen molar-refractivity contribution in [3.05, 3.63) is 10.1 Å². The van der Waals surface area contributed by atoms with Gasteiger partial charge in [-0.05, 0) is 0 Å². The average molecular weight is 225 g/mol. The summed E-state index contributed by atoms with van der Waals surface area (Å²) in [6, 6.07) is 0. The maximum Gasteiger partial charge on any atom is 0.375 e. The second kappa shape index (κ2) is 5.68. The predicted octanol–water partition coefficient (Wildman–Crippen LogP) is -3.77. The van der Waals surface area contributed by atoms with Gasteiger partial charge in [0.15, 0.2) is 6.10 Å². The Balaban J connectivity index is 4.50. The minimum Gasteiger partial charge on any atom is -0.394 e. The van der Waals surface area contributed by atoms with Crippen LogP contribution in [0.5, 0.6) is 0 Å². The number of nitro groups is 1. The summed E-state index contributed by atoms with van der Waals surface area (Å²) in [6.45, 7) is -0.944. The van der Waals surface area contributed by atoms with Crippen LogP contribution in [-0.2, 0) is 4.79 Å². The van der Waals surface area contributed by atoms with Crippen LogP contribution in [0.25, 0.3) is 0 Å². The zero-order chi connectivity index (χ0) is 12.2. The average Bonchev–Trinajstić information content (AvgIpc) is 2.23. The third-order valence-electron chi connectivity index (χ3n) is 1.65. The zero-order valence-corrected chi connectivity index (χ0v) is 7.42. The molecule has 5 N–H and O–H groups in total. The van der Waals surface area contributed by atoms with Crippen LogP contribution in [0.2, 0.25) is 0 Å². The standard InChI is InChI=1S/C6H11NO8/c8-1-2(9)3(10)4(11)5(12)6(13)7(14)15/h2-4,6,8-11,13H,1H2/t2-,3-,4+,6?/m1/s1. The molecule has 0 aromatic rings. The number of Topliss-reactive ketones (excluding diaryl/α,β-unsaturated/α-hetero) is 1. The van der Waals surface area contributed by atoms with Crippen molar-refractivity contribution in [1.29, 1.82) is 0 Å². The van der Waals surface area contributed by atoms with Crippen molar-refractivity contribution in [3.63, 3.8) is 0 Å².